The molecule has 1 heterocycles. The van der Waals surface area contributed by atoms with Crippen molar-refractivity contribution in [2.75, 3.05) is 13.2 Å². The van der Waals surface area contributed by atoms with Gasteiger partial charge in [0.1, 0.15) is 17.6 Å². The number of amides is 1. The Bertz CT molecular complexity index is 1020. The smallest absolute Gasteiger partial charge is 0.326 e. The summed E-state index contributed by atoms with van der Waals surface area (Å²) in [4.78, 5) is 26.1. The predicted molar refractivity (Wildman–Crippen MR) is 129 cm³/mol. The van der Waals surface area contributed by atoms with Crippen molar-refractivity contribution in [2.24, 2.45) is 23.2 Å². The normalized spacial score (nSPS) is 36.8. The van der Waals surface area contributed by atoms with Crippen molar-refractivity contribution in [3.8, 4) is 5.75 Å². The Balaban J connectivity index is 1.40. The van der Waals surface area contributed by atoms with Gasteiger partial charge in [-0.2, -0.15) is 0 Å². The number of hydrogen-bond acceptors (Lipinski definition) is 4. The Kier molecular flexibility index (Phi) is 6.14. The fourth-order valence-electron chi connectivity index (χ4n) is 7.25. The van der Waals surface area contributed by atoms with Gasteiger partial charge in [-0.15, -0.1) is 0 Å². The van der Waals surface area contributed by atoms with E-state index in [0.29, 0.717) is 24.2 Å². The zero-order valence-electron chi connectivity index (χ0n) is 21.1. The van der Waals surface area contributed by atoms with Crippen LogP contribution in [0.2, 0.25) is 0 Å². The van der Waals surface area contributed by atoms with Crippen molar-refractivity contribution in [2.45, 2.75) is 89.7 Å². The number of carbonyl (C=O) groups is 2. The van der Waals surface area contributed by atoms with Crippen LogP contribution >= 0.6 is 0 Å². The molecule has 1 amide bonds. The molecule has 2 bridgehead atoms. The fourth-order valence-corrected chi connectivity index (χ4v) is 7.25. The Labute approximate surface area is 206 Å². The van der Waals surface area contributed by atoms with E-state index in [0.717, 1.165) is 48.5 Å². The second-order valence-corrected chi connectivity index (χ2v) is 12.4. The molecule has 6 atom stereocenters. The second-order valence-electron chi connectivity index (χ2n) is 12.4. The molecule has 0 aromatic heterocycles. The number of hydrogen-bond donors (Lipinski definition) is 2. The largest absolute Gasteiger partial charge is 0.493 e. The van der Waals surface area contributed by atoms with Gasteiger partial charge in [-0.05, 0) is 87.2 Å². The third-order valence-corrected chi connectivity index (χ3v) is 9.04. The highest BCUT2D eigenvalue weighted by Gasteiger charge is 2.47. The Morgan fingerprint density at radius 2 is 1.91 bits per heavy atom. The van der Waals surface area contributed by atoms with Gasteiger partial charge in [0.15, 0.2) is 0 Å². The van der Waals surface area contributed by atoms with Crippen LogP contribution in [0.1, 0.15) is 94.0 Å². The Morgan fingerprint density at radius 1 is 1.17 bits per heavy atom. The number of rotatable bonds is 6. The molecule has 7 heteroatoms. The number of aliphatic carboxylic acids is 1. The topological polar surface area (TPSA) is 87.1 Å². The van der Waals surface area contributed by atoms with Crippen molar-refractivity contribution in [1.82, 2.24) is 4.90 Å². The standard InChI is InChI=1S/C28H38FNO5/c1-16-8-19-6-7-28(11-16,12-17(19)2)15-35-24-10-22(29)21(9-20(24)18-4-5-18)25(31)30-14-27(3,34)13-23(30)26(32)33/h9-10,16-19,23,34H,4-8,11-15H2,1-3H3,(H,32,33)/t16?,17?,19?,23-,27?,28?/m0/s1. The molecule has 6 rings (SSSR count). The molecule has 1 aliphatic heterocycles. The molecule has 35 heavy (non-hydrogen) atoms. The average molecular weight is 488 g/mol. The summed E-state index contributed by atoms with van der Waals surface area (Å²) in [5, 5.41) is 19.9. The number of aliphatic hydroxyl groups is 1. The number of fused-ring (bicyclic) bond motifs is 4. The quantitative estimate of drug-likeness (QED) is 0.591. The van der Waals surface area contributed by atoms with E-state index in [-0.39, 0.29) is 29.9 Å². The molecule has 2 N–H and O–H groups in total. The van der Waals surface area contributed by atoms with Gasteiger partial charge in [-0.1, -0.05) is 13.8 Å². The number of carboxylic acid groups (broad SMARTS) is 1. The highest BCUT2D eigenvalue weighted by atomic mass is 19.1. The number of halogens is 1. The van der Waals surface area contributed by atoms with Gasteiger partial charge < -0.3 is 19.8 Å². The van der Waals surface area contributed by atoms with Crippen LogP contribution in [0, 0.1) is 29.0 Å². The number of nitrogens with zero attached hydrogens (tertiary/aromatic N) is 1. The minimum absolute atomic E-state index is 0.0772. The molecule has 1 aromatic carbocycles. The van der Waals surface area contributed by atoms with Crippen LogP contribution in [-0.4, -0.2) is 51.8 Å². The first-order chi connectivity index (χ1) is 16.5. The lowest BCUT2D eigenvalue weighted by Crippen LogP contribution is -2.41. The van der Waals surface area contributed by atoms with E-state index in [1.807, 2.05) is 0 Å². The molecule has 4 saturated carbocycles. The van der Waals surface area contributed by atoms with E-state index in [1.54, 1.807) is 6.07 Å². The summed E-state index contributed by atoms with van der Waals surface area (Å²) < 4.78 is 21.7. The van der Waals surface area contributed by atoms with Gasteiger partial charge in [0.05, 0.1) is 24.3 Å². The van der Waals surface area contributed by atoms with Crippen molar-refractivity contribution in [3.05, 3.63) is 29.1 Å². The van der Waals surface area contributed by atoms with Crippen LogP contribution in [0.3, 0.4) is 0 Å². The van der Waals surface area contributed by atoms with Crippen molar-refractivity contribution in [1.29, 1.82) is 0 Å². The molecule has 0 radical (unpaired) electrons. The van der Waals surface area contributed by atoms with Crippen molar-refractivity contribution < 1.29 is 28.9 Å². The van der Waals surface area contributed by atoms with Crippen molar-refractivity contribution in [3.63, 3.8) is 0 Å². The zero-order chi connectivity index (χ0) is 25.1. The SMILES string of the molecule is CC1CC2CCC(COc3cc(F)c(C(=O)N4CC(C)(O)C[C@H]4C(=O)O)cc3C3CC3)(C1)CC2C. The maximum Gasteiger partial charge on any atom is 0.326 e. The van der Waals surface area contributed by atoms with Crippen LogP contribution in [0.15, 0.2) is 12.1 Å². The first-order valence-corrected chi connectivity index (χ1v) is 13.2. The van der Waals surface area contributed by atoms with E-state index in [2.05, 4.69) is 13.8 Å². The van der Waals surface area contributed by atoms with Crippen LogP contribution in [0.4, 0.5) is 4.39 Å². The van der Waals surface area contributed by atoms with Crippen LogP contribution < -0.4 is 4.74 Å². The minimum atomic E-state index is -1.32. The molecule has 5 unspecified atom stereocenters. The number of benzene rings is 1. The van der Waals surface area contributed by atoms with Crippen molar-refractivity contribution >= 4 is 11.9 Å². The predicted octanol–water partition coefficient (Wildman–Crippen LogP) is 4.98. The van der Waals surface area contributed by atoms with Gasteiger partial charge in [0.25, 0.3) is 5.91 Å². The van der Waals surface area contributed by atoms with Gasteiger partial charge >= 0.3 is 5.97 Å². The molecule has 192 valence electrons. The highest BCUT2D eigenvalue weighted by molar-refractivity contribution is 5.97. The number of β-amino-alcohol motifs (C(OH)–C–C–N with tert-alkyl or cyclic N) is 1. The van der Waals surface area contributed by atoms with Gasteiger partial charge in [0.2, 0.25) is 0 Å². The Hall–Kier alpha value is -2.15. The van der Waals surface area contributed by atoms with E-state index in [4.69, 9.17) is 4.74 Å². The molecule has 0 spiro atoms. The van der Waals surface area contributed by atoms with Crippen LogP contribution in [0.5, 0.6) is 5.75 Å². The molecule has 1 aromatic rings. The summed E-state index contributed by atoms with van der Waals surface area (Å²) >= 11 is 0. The molecule has 1 saturated heterocycles. The Morgan fingerprint density at radius 3 is 2.57 bits per heavy atom. The maximum absolute atomic E-state index is 15.3. The summed E-state index contributed by atoms with van der Waals surface area (Å²) in [7, 11) is 0. The number of carboxylic acids is 1. The lowest BCUT2D eigenvalue weighted by molar-refractivity contribution is -0.141. The first-order valence-electron chi connectivity index (χ1n) is 13.2. The second kappa shape index (κ2) is 8.75. The average Bonchev–Trinajstić information content (AvgIpc) is 3.58. The third-order valence-electron chi connectivity index (χ3n) is 9.04. The fraction of sp³-hybridized carbons (Fsp3) is 0.714. The first kappa shape index (κ1) is 24.5. The van der Waals surface area contributed by atoms with Crippen LogP contribution in [0.25, 0.3) is 0 Å². The summed E-state index contributed by atoms with van der Waals surface area (Å²) in [6.07, 6.45) is 7.79. The molecule has 5 fully saturated rings. The summed E-state index contributed by atoms with van der Waals surface area (Å²) in [5.41, 5.74) is -0.498. The van der Waals surface area contributed by atoms with E-state index in [1.165, 1.54) is 25.8 Å². The van der Waals surface area contributed by atoms with Gasteiger partial charge in [-0.3, -0.25) is 4.79 Å². The molecular formula is C28H38FNO5. The summed E-state index contributed by atoms with van der Waals surface area (Å²) in [6, 6.07) is 1.73. The number of ether oxygens (including phenoxy) is 1. The molecule has 6 nitrogen and oxygen atoms in total. The highest BCUT2D eigenvalue weighted by Crippen LogP contribution is 2.53. The third kappa shape index (κ3) is 4.81. The molecule has 5 aliphatic rings. The van der Waals surface area contributed by atoms with E-state index < -0.39 is 29.3 Å². The summed E-state index contributed by atoms with van der Waals surface area (Å²) in [6.45, 7) is 6.62. The van der Waals surface area contributed by atoms with Crippen LogP contribution in [-0.2, 0) is 4.79 Å². The number of likely N-dealkylation sites (tertiary alicyclic amines) is 1. The lowest BCUT2D eigenvalue weighted by atomic mass is 9.67. The maximum atomic E-state index is 15.3. The molecule has 4 aliphatic carbocycles. The molecular weight excluding hydrogens is 449 g/mol. The lowest BCUT2D eigenvalue weighted by Gasteiger charge is -2.40. The van der Waals surface area contributed by atoms with Gasteiger partial charge in [-0.25, -0.2) is 9.18 Å². The van der Waals surface area contributed by atoms with E-state index in [9.17, 15) is 19.8 Å². The minimum Gasteiger partial charge on any atom is -0.493 e. The number of carbonyl (C=O) groups excluding carboxylic acids is 1. The monoisotopic (exact) mass is 487 g/mol. The summed E-state index contributed by atoms with van der Waals surface area (Å²) in [5.74, 6) is 0.303. The van der Waals surface area contributed by atoms with Gasteiger partial charge in [0, 0.05) is 17.9 Å². The van der Waals surface area contributed by atoms with E-state index >= 15 is 4.39 Å². The zero-order valence-corrected chi connectivity index (χ0v) is 21.1.